The summed E-state index contributed by atoms with van der Waals surface area (Å²) in [5, 5.41) is 0. The fourth-order valence-corrected chi connectivity index (χ4v) is 1.59. The number of hydrogen-bond acceptors (Lipinski definition) is 2. The number of alkyl halides is 5. The summed E-state index contributed by atoms with van der Waals surface area (Å²) in [6.07, 6.45) is -4.96. The van der Waals surface area contributed by atoms with Gasteiger partial charge in [-0.1, -0.05) is 12.1 Å². The Morgan fingerprint density at radius 2 is 1.68 bits per heavy atom. The van der Waals surface area contributed by atoms with E-state index in [4.69, 9.17) is 5.73 Å². The third-order valence-corrected chi connectivity index (χ3v) is 2.51. The molecule has 0 amide bonds. The summed E-state index contributed by atoms with van der Waals surface area (Å²) in [4.78, 5) is 0. The van der Waals surface area contributed by atoms with Crippen LogP contribution < -0.4 is 10.5 Å². The maximum atomic E-state index is 12.0. The van der Waals surface area contributed by atoms with E-state index in [1.807, 2.05) is 0 Å². The average molecular weight is 283 g/mol. The number of nitrogens with two attached hydrogens (primary N) is 1. The van der Waals surface area contributed by atoms with Crippen molar-refractivity contribution in [1.82, 2.24) is 0 Å². The molecule has 0 saturated carbocycles. The van der Waals surface area contributed by atoms with Crippen molar-refractivity contribution in [2.45, 2.75) is 38.1 Å². The first-order valence-electron chi connectivity index (χ1n) is 5.65. The van der Waals surface area contributed by atoms with Gasteiger partial charge in [-0.05, 0) is 30.5 Å². The molecule has 1 unspecified atom stereocenters. The Balaban J connectivity index is 2.46. The van der Waals surface area contributed by atoms with Crippen molar-refractivity contribution in [1.29, 1.82) is 0 Å². The summed E-state index contributed by atoms with van der Waals surface area (Å²) in [6.45, 7) is -2.91. The largest absolute Gasteiger partial charge is 0.435 e. The highest BCUT2D eigenvalue weighted by Gasteiger charge is 2.26. The molecule has 0 saturated heterocycles. The molecule has 108 valence electrons. The van der Waals surface area contributed by atoms with Crippen LogP contribution >= 0.6 is 0 Å². The van der Waals surface area contributed by atoms with Gasteiger partial charge in [-0.15, -0.1) is 0 Å². The SMILES string of the molecule is NC(CCCC(F)(F)F)c1ccc(OC(F)F)cc1. The second kappa shape index (κ2) is 6.70. The highest BCUT2D eigenvalue weighted by molar-refractivity contribution is 5.29. The quantitative estimate of drug-likeness (QED) is 0.800. The van der Waals surface area contributed by atoms with Crippen LogP contribution in [0.2, 0.25) is 0 Å². The predicted molar refractivity (Wildman–Crippen MR) is 59.9 cm³/mol. The topological polar surface area (TPSA) is 35.2 Å². The number of ether oxygens (including phenoxy) is 1. The van der Waals surface area contributed by atoms with E-state index in [0.717, 1.165) is 0 Å². The first kappa shape index (κ1) is 15.7. The fraction of sp³-hybridized carbons (Fsp3) is 0.500. The zero-order chi connectivity index (χ0) is 14.5. The lowest BCUT2D eigenvalue weighted by atomic mass is 10.0. The second-order valence-electron chi connectivity index (χ2n) is 4.06. The van der Waals surface area contributed by atoms with Gasteiger partial charge in [0.25, 0.3) is 0 Å². The normalized spacial score (nSPS) is 13.6. The minimum absolute atomic E-state index is 0.0127. The Kier molecular flexibility index (Phi) is 5.53. The van der Waals surface area contributed by atoms with E-state index in [2.05, 4.69) is 4.74 Å². The lowest BCUT2D eigenvalue weighted by molar-refractivity contribution is -0.135. The summed E-state index contributed by atoms with van der Waals surface area (Å²) >= 11 is 0. The van der Waals surface area contributed by atoms with Gasteiger partial charge in [0.2, 0.25) is 0 Å². The molecule has 0 heterocycles. The van der Waals surface area contributed by atoms with E-state index in [9.17, 15) is 22.0 Å². The summed E-state index contributed by atoms with van der Waals surface area (Å²) < 4.78 is 63.8. The van der Waals surface area contributed by atoms with Crippen LogP contribution in [0.1, 0.15) is 30.9 Å². The standard InChI is InChI=1S/C12H14F5NO/c13-11(14)19-9-5-3-8(4-6-9)10(18)2-1-7-12(15,16)17/h3-6,10-11H,1-2,7,18H2. The Morgan fingerprint density at radius 3 is 2.16 bits per heavy atom. The number of hydrogen-bond donors (Lipinski definition) is 1. The summed E-state index contributed by atoms with van der Waals surface area (Å²) in [7, 11) is 0. The van der Waals surface area contributed by atoms with E-state index in [0.29, 0.717) is 5.56 Å². The van der Waals surface area contributed by atoms with Crippen LogP contribution in [0.15, 0.2) is 24.3 Å². The van der Waals surface area contributed by atoms with Crippen molar-refractivity contribution < 1.29 is 26.7 Å². The predicted octanol–water partition coefficient (Wildman–Crippen LogP) is 4.02. The van der Waals surface area contributed by atoms with Gasteiger partial charge in [0, 0.05) is 12.5 Å². The lowest BCUT2D eigenvalue weighted by Gasteiger charge is -2.13. The van der Waals surface area contributed by atoms with Crippen molar-refractivity contribution in [3.8, 4) is 5.75 Å². The number of benzene rings is 1. The molecule has 19 heavy (non-hydrogen) atoms. The van der Waals surface area contributed by atoms with Crippen LogP contribution in [0.5, 0.6) is 5.75 Å². The van der Waals surface area contributed by atoms with Crippen molar-refractivity contribution in [2.75, 3.05) is 0 Å². The van der Waals surface area contributed by atoms with Crippen LogP contribution in [0.4, 0.5) is 22.0 Å². The molecule has 0 spiro atoms. The zero-order valence-corrected chi connectivity index (χ0v) is 9.96. The van der Waals surface area contributed by atoms with E-state index in [-0.39, 0.29) is 18.6 Å². The van der Waals surface area contributed by atoms with E-state index in [1.165, 1.54) is 24.3 Å². The molecule has 0 aliphatic carbocycles. The second-order valence-corrected chi connectivity index (χ2v) is 4.06. The maximum absolute atomic E-state index is 12.0. The van der Waals surface area contributed by atoms with E-state index in [1.54, 1.807) is 0 Å². The molecule has 1 aromatic rings. The van der Waals surface area contributed by atoms with Gasteiger partial charge >= 0.3 is 12.8 Å². The van der Waals surface area contributed by atoms with Crippen molar-refractivity contribution in [3.63, 3.8) is 0 Å². The molecule has 0 aliphatic heterocycles. The van der Waals surface area contributed by atoms with Crippen LogP contribution in [0, 0.1) is 0 Å². The highest BCUT2D eigenvalue weighted by atomic mass is 19.4. The third kappa shape index (κ3) is 6.37. The van der Waals surface area contributed by atoms with Gasteiger partial charge in [0.15, 0.2) is 0 Å². The first-order chi connectivity index (χ1) is 8.78. The lowest BCUT2D eigenvalue weighted by Crippen LogP contribution is -2.13. The van der Waals surface area contributed by atoms with Gasteiger partial charge in [-0.2, -0.15) is 22.0 Å². The molecule has 0 radical (unpaired) electrons. The zero-order valence-electron chi connectivity index (χ0n) is 9.96. The molecule has 2 nitrogen and oxygen atoms in total. The molecular formula is C12H14F5NO. The molecular weight excluding hydrogens is 269 g/mol. The molecule has 2 N–H and O–H groups in total. The summed E-state index contributed by atoms with van der Waals surface area (Å²) in [5.41, 5.74) is 6.31. The summed E-state index contributed by atoms with van der Waals surface area (Å²) in [6, 6.07) is 5.00. The molecule has 0 bridgehead atoms. The average Bonchev–Trinajstić information content (AvgIpc) is 2.27. The fourth-order valence-electron chi connectivity index (χ4n) is 1.59. The van der Waals surface area contributed by atoms with E-state index < -0.39 is 25.3 Å². The smallest absolute Gasteiger partial charge is 0.389 e. The molecule has 1 atom stereocenters. The molecule has 1 rings (SSSR count). The van der Waals surface area contributed by atoms with Crippen LogP contribution in [-0.2, 0) is 0 Å². The van der Waals surface area contributed by atoms with Crippen molar-refractivity contribution >= 4 is 0 Å². The maximum Gasteiger partial charge on any atom is 0.389 e. The van der Waals surface area contributed by atoms with Crippen molar-refractivity contribution in [3.05, 3.63) is 29.8 Å². The van der Waals surface area contributed by atoms with E-state index >= 15 is 0 Å². The highest BCUT2D eigenvalue weighted by Crippen LogP contribution is 2.26. The Hall–Kier alpha value is -1.37. The third-order valence-electron chi connectivity index (χ3n) is 2.51. The molecule has 0 aromatic heterocycles. The van der Waals surface area contributed by atoms with Gasteiger partial charge in [0.05, 0.1) is 0 Å². The Bertz CT molecular complexity index is 377. The molecule has 1 aromatic carbocycles. The number of halogens is 5. The molecule has 7 heteroatoms. The van der Waals surface area contributed by atoms with Gasteiger partial charge in [-0.3, -0.25) is 0 Å². The van der Waals surface area contributed by atoms with Crippen LogP contribution in [-0.4, -0.2) is 12.8 Å². The number of rotatable bonds is 6. The Morgan fingerprint density at radius 1 is 1.11 bits per heavy atom. The molecule has 0 fully saturated rings. The van der Waals surface area contributed by atoms with Crippen LogP contribution in [0.25, 0.3) is 0 Å². The molecule has 0 aliphatic rings. The van der Waals surface area contributed by atoms with Gasteiger partial charge in [0.1, 0.15) is 5.75 Å². The monoisotopic (exact) mass is 283 g/mol. The minimum Gasteiger partial charge on any atom is -0.435 e. The Labute approximate surface area is 107 Å². The van der Waals surface area contributed by atoms with Crippen molar-refractivity contribution in [2.24, 2.45) is 5.73 Å². The first-order valence-corrected chi connectivity index (χ1v) is 5.65. The van der Waals surface area contributed by atoms with Gasteiger partial charge in [-0.25, -0.2) is 0 Å². The summed E-state index contributed by atoms with van der Waals surface area (Å²) in [5.74, 6) is -0.0127. The van der Waals surface area contributed by atoms with Gasteiger partial charge < -0.3 is 10.5 Å². The minimum atomic E-state index is -4.19. The van der Waals surface area contributed by atoms with Crippen LogP contribution in [0.3, 0.4) is 0 Å².